The highest BCUT2D eigenvalue weighted by molar-refractivity contribution is 5.92. The second-order valence-corrected chi connectivity index (χ2v) is 6.87. The van der Waals surface area contributed by atoms with E-state index in [-0.39, 0.29) is 24.7 Å². The molecule has 0 heterocycles. The predicted octanol–water partition coefficient (Wildman–Crippen LogP) is -0.664. The van der Waals surface area contributed by atoms with Crippen LogP contribution < -0.4 is 22.1 Å². The van der Waals surface area contributed by atoms with Gasteiger partial charge in [0, 0.05) is 6.42 Å². The largest absolute Gasteiger partial charge is 0.480 e. The van der Waals surface area contributed by atoms with E-state index in [4.69, 9.17) is 16.6 Å². The predicted molar refractivity (Wildman–Crippen MR) is 92.2 cm³/mol. The molecule has 0 fully saturated rings. The van der Waals surface area contributed by atoms with Crippen LogP contribution in [0.4, 0.5) is 0 Å². The molecule has 7 N–H and O–H groups in total. The van der Waals surface area contributed by atoms with Crippen LogP contribution in [0.1, 0.15) is 47.0 Å². The zero-order valence-corrected chi connectivity index (χ0v) is 15.2. The summed E-state index contributed by atoms with van der Waals surface area (Å²) in [7, 11) is 0. The third kappa shape index (κ3) is 9.04. The fourth-order valence-corrected chi connectivity index (χ4v) is 2.22. The fourth-order valence-electron chi connectivity index (χ4n) is 2.22. The molecule has 3 atom stereocenters. The Morgan fingerprint density at radius 1 is 1.00 bits per heavy atom. The Kier molecular flexibility index (Phi) is 9.73. The fraction of sp³-hybridized carbons (Fsp3) is 0.750. The molecule has 9 heteroatoms. The molecule has 0 saturated carbocycles. The lowest BCUT2D eigenvalue weighted by molar-refractivity contribution is -0.143. The van der Waals surface area contributed by atoms with Crippen molar-refractivity contribution >= 4 is 23.7 Å². The number of primary amides is 1. The van der Waals surface area contributed by atoms with Crippen molar-refractivity contribution in [2.45, 2.75) is 65.1 Å². The number of nitrogens with one attached hydrogen (secondary N) is 2. The second-order valence-electron chi connectivity index (χ2n) is 6.87. The molecule has 0 aliphatic rings. The van der Waals surface area contributed by atoms with Crippen LogP contribution in [-0.4, -0.2) is 46.9 Å². The van der Waals surface area contributed by atoms with Gasteiger partial charge in [-0.05, 0) is 24.7 Å². The minimum Gasteiger partial charge on any atom is -0.480 e. The molecule has 0 aliphatic heterocycles. The van der Waals surface area contributed by atoms with Crippen LogP contribution in [0.15, 0.2) is 0 Å². The topological polar surface area (TPSA) is 165 Å². The highest BCUT2D eigenvalue weighted by Crippen LogP contribution is 2.07. The van der Waals surface area contributed by atoms with Crippen molar-refractivity contribution in [3.8, 4) is 0 Å². The molecule has 25 heavy (non-hydrogen) atoms. The van der Waals surface area contributed by atoms with E-state index in [1.807, 2.05) is 13.8 Å². The maximum Gasteiger partial charge on any atom is 0.326 e. The summed E-state index contributed by atoms with van der Waals surface area (Å²) in [6, 6.07) is -2.99. The minimum absolute atomic E-state index is 0.0360. The summed E-state index contributed by atoms with van der Waals surface area (Å²) in [4.78, 5) is 46.7. The molecule has 0 rings (SSSR count). The molecule has 144 valence electrons. The second kappa shape index (κ2) is 10.7. The van der Waals surface area contributed by atoms with Crippen molar-refractivity contribution in [1.82, 2.24) is 10.6 Å². The van der Waals surface area contributed by atoms with E-state index in [0.29, 0.717) is 6.42 Å². The van der Waals surface area contributed by atoms with Crippen molar-refractivity contribution in [3.63, 3.8) is 0 Å². The molecule has 0 aromatic rings. The number of carboxylic acid groups (broad SMARTS) is 1. The molecule has 0 aromatic heterocycles. The highest BCUT2D eigenvalue weighted by Gasteiger charge is 2.29. The van der Waals surface area contributed by atoms with E-state index in [1.165, 1.54) is 0 Å². The lowest BCUT2D eigenvalue weighted by Crippen LogP contribution is -2.55. The number of amides is 3. The van der Waals surface area contributed by atoms with Gasteiger partial charge in [-0.2, -0.15) is 0 Å². The first-order valence-corrected chi connectivity index (χ1v) is 8.33. The van der Waals surface area contributed by atoms with E-state index in [1.54, 1.807) is 13.8 Å². The molecule has 0 radical (unpaired) electrons. The molecule has 0 bridgehead atoms. The van der Waals surface area contributed by atoms with Gasteiger partial charge < -0.3 is 27.2 Å². The normalized spacial score (nSPS) is 14.7. The number of rotatable bonds is 11. The lowest BCUT2D eigenvalue weighted by atomic mass is 10.0. The monoisotopic (exact) mass is 358 g/mol. The van der Waals surface area contributed by atoms with Gasteiger partial charge in [0.15, 0.2) is 0 Å². The molecule has 0 unspecified atom stereocenters. The van der Waals surface area contributed by atoms with Gasteiger partial charge in [-0.1, -0.05) is 27.7 Å². The summed E-state index contributed by atoms with van der Waals surface area (Å²) < 4.78 is 0. The average Bonchev–Trinajstić information content (AvgIpc) is 2.46. The van der Waals surface area contributed by atoms with Gasteiger partial charge in [-0.15, -0.1) is 0 Å². The number of aliphatic carboxylic acids is 1. The van der Waals surface area contributed by atoms with Crippen molar-refractivity contribution in [1.29, 1.82) is 0 Å². The van der Waals surface area contributed by atoms with Crippen LogP contribution >= 0.6 is 0 Å². The van der Waals surface area contributed by atoms with Gasteiger partial charge in [-0.3, -0.25) is 14.4 Å². The summed E-state index contributed by atoms with van der Waals surface area (Å²) in [6.07, 6.45) is 0.267. The standard InChI is InChI=1S/C16H30N4O5/c1-8(2)7-10(17)14(22)19-11(5-6-12(18)21)15(23)20-13(9(3)4)16(24)25/h8-11,13H,5-7,17H2,1-4H3,(H2,18,21)(H,19,22)(H,20,23)(H,24,25)/t10-,11-,13-/m0/s1. The third-order valence-electron chi connectivity index (χ3n) is 3.60. The maximum atomic E-state index is 12.4. The van der Waals surface area contributed by atoms with Crippen molar-refractivity contribution < 1.29 is 24.3 Å². The first kappa shape index (κ1) is 22.8. The minimum atomic E-state index is -1.18. The Bertz CT molecular complexity index is 493. The van der Waals surface area contributed by atoms with Crippen LogP contribution in [0.25, 0.3) is 0 Å². The van der Waals surface area contributed by atoms with Crippen LogP contribution in [0.5, 0.6) is 0 Å². The lowest BCUT2D eigenvalue weighted by Gasteiger charge is -2.24. The Hall–Kier alpha value is -2.16. The zero-order valence-electron chi connectivity index (χ0n) is 15.2. The van der Waals surface area contributed by atoms with E-state index in [9.17, 15) is 19.2 Å². The molecule has 0 saturated heterocycles. The summed E-state index contributed by atoms with van der Waals surface area (Å²) in [5.74, 6) is -3.19. The summed E-state index contributed by atoms with van der Waals surface area (Å²) >= 11 is 0. The SMILES string of the molecule is CC(C)C[C@H](N)C(=O)N[C@@H](CCC(N)=O)C(=O)N[C@H](C(=O)O)C(C)C. The van der Waals surface area contributed by atoms with E-state index in [2.05, 4.69) is 10.6 Å². The number of carbonyl (C=O) groups is 4. The third-order valence-corrected chi connectivity index (χ3v) is 3.60. The summed E-state index contributed by atoms with van der Waals surface area (Å²) in [5.41, 5.74) is 10.9. The Labute approximate surface area is 147 Å². The van der Waals surface area contributed by atoms with Gasteiger partial charge in [0.05, 0.1) is 6.04 Å². The van der Waals surface area contributed by atoms with Gasteiger partial charge >= 0.3 is 5.97 Å². The number of carbonyl (C=O) groups excluding carboxylic acids is 3. The van der Waals surface area contributed by atoms with Crippen molar-refractivity contribution in [2.75, 3.05) is 0 Å². The molecular weight excluding hydrogens is 328 g/mol. The quantitative estimate of drug-likeness (QED) is 0.329. The summed E-state index contributed by atoms with van der Waals surface area (Å²) in [6.45, 7) is 7.11. The molecule has 9 nitrogen and oxygen atoms in total. The summed E-state index contributed by atoms with van der Waals surface area (Å²) in [5, 5.41) is 14.0. The number of nitrogens with two attached hydrogens (primary N) is 2. The Balaban J connectivity index is 5.07. The van der Waals surface area contributed by atoms with Crippen molar-refractivity contribution in [2.24, 2.45) is 23.3 Å². The number of carboxylic acids is 1. The van der Waals surface area contributed by atoms with Crippen molar-refractivity contribution in [3.05, 3.63) is 0 Å². The maximum absolute atomic E-state index is 12.4. The molecule has 0 spiro atoms. The Morgan fingerprint density at radius 3 is 1.96 bits per heavy atom. The Morgan fingerprint density at radius 2 is 1.56 bits per heavy atom. The smallest absolute Gasteiger partial charge is 0.326 e. The van der Waals surface area contributed by atoms with Gasteiger partial charge in [0.2, 0.25) is 17.7 Å². The van der Waals surface area contributed by atoms with Gasteiger partial charge in [-0.25, -0.2) is 4.79 Å². The zero-order chi connectivity index (χ0) is 19.7. The van der Waals surface area contributed by atoms with E-state index in [0.717, 1.165) is 0 Å². The van der Waals surface area contributed by atoms with E-state index < -0.39 is 41.8 Å². The van der Waals surface area contributed by atoms with Crippen LogP contribution in [0.2, 0.25) is 0 Å². The van der Waals surface area contributed by atoms with E-state index >= 15 is 0 Å². The molecular formula is C16H30N4O5. The van der Waals surface area contributed by atoms with Gasteiger partial charge in [0.25, 0.3) is 0 Å². The number of hydrogen-bond acceptors (Lipinski definition) is 5. The molecule has 0 aromatic carbocycles. The number of hydrogen-bond donors (Lipinski definition) is 5. The molecule has 0 aliphatic carbocycles. The highest BCUT2D eigenvalue weighted by atomic mass is 16.4. The van der Waals surface area contributed by atoms with Crippen LogP contribution in [0.3, 0.4) is 0 Å². The first-order chi connectivity index (χ1) is 11.5. The average molecular weight is 358 g/mol. The first-order valence-electron chi connectivity index (χ1n) is 8.33. The van der Waals surface area contributed by atoms with Crippen LogP contribution in [-0.2, 0) is 19.2 Å². The van der Waals surface area contributed by atoms with Crippen LogP contribution in [0, 0.1) is 11.8 Å². The molecule has 3 amide bonds. The van der Waals surface area contributed by atoms with Gasteiger partial charge in [0.1, 0.15) is 12.1 Å².